The maximum Gasteiger partial charge on any atom is 0.254 e. The van der Waals surface area contributed by atoms with E-state index in [0.29, 0.717) is 6.07 Å². The zero-order valence-electron chi connectivity index (χ0n) is 19.7. The molecule has 0 aliphatic heterocycles. The molecule has 2 aromatic carbocycles. The van der Waals surface area contributed by atoms with E-state index < -0.39 is 34.7 Å². The molecule has 1 aliphatic carbocycles. The van der Waals surface area contributed by atoms with Crippen LogP contribution in [0.25, 0.3) is 22.0 Å². The van der Waals surface area contributed by atoms with Crippen LogP contribution in [0.15, 0.2) is 42.9 Å². The predicted molar refractivity (Wildman–Crippen MR) is 128 cm³/mol. The molecule has 1 saturated carbocycles. The Labute approximate surface area is 205 Å². The summed E-state index contributed by atoms with van der Waals surface area (Å²) in [7, 11) is 0. The van der Waals surface area contributed by atoms with Crippen LogP contribution in [0.5, 0.6) is 5.75 Å². The number of halogens is 3. The van der Waals surface area contributed by atoms with Gasteiger partial charge in [-0.3, -0.25) is 14.2 Å². The highest BCUT2D eigenvalue weighted by Gasteiger charge is 2.26. The van der Waals surface area contributed by atoms with Crippen molar-refractivity contribution in [1.29, 1.82) is 0 Å². The van der Waals surface area contributed by atoms with Crippen LogP contribution >= 0.6 is 0 Å². The molecule has 1 amide bonds. The molecule has 0 radical (unpaired) electrons. The van der Waals surface area contributed by atoms with Gasteiger partial charge in [0, 0.05) is 36.4 Å². The molecular formula is C26H26F3N5O2. The molecule has 1 fully saturated rings. The van der Waals surface area contributed by atoms with E-state index in [9.17, 15) is 18.0 Å². The fraction of sp³-hybridized carbons (Fsp3) is 0.346. The van der Waals surface area contributed by atoms with Gasteiger partial charge in [-0.2, -0.15) is 14.6 Å². The van der Waals surface area contributed by atoms with E-state index in [1.165, 1.54) is 0 Å². The number of phenolic OH excluding ortho intramolecular Hbond substituents is 1. The van der Waals surface area contributed by atoms with E-state index in [4.69, 9.17) is 10.2 Å². The van der Waals surface area contributed by atoms with Crippen LogP contribution in [0.2, 0.25) is 0 Å². The number of amides is 1. The molecule has 0 bridgehead atoms. The summed E-state index contributed by atoms with van der Waals surface area (Å²) >= 11 is 0. The number of aromatic nitrogens is 4. The number of carbonyl (C=O) groups is 1. The van der Waals surface area contributed by atoms with Crippen LogP contribution in [0.1, 0.15) is 49.0 Å². The minimum absolute atomic E-state index is 0.159. The van der Waals surface area contributed by atoms with Crippen molar-refractivity contribution in [3.8, 4) is 16.9 Å². The third-order valence-corrected chi connectivity index (χ3v) is 6.94. The lowest BCUT2D eigenvalue weighted by atomic mass is 9.86. The van der Waals surface area contributed by atoms with E-state index in [-0.39, 0.29) is 18.5 Å². The van der Waals surface area contributed by atoms with Gasteiger partial charge in [-0.05, 0) is 56.2 Å². The average molecular weight is 498 g/mol. The van der Waals surface area contributed by atoms with E-state index in [2.05, 4.69) is 34.8 Å². The summed E-state index contributed by atoms with van der Waals surface area (Å²) in [6.07, 6.45) is 9.29. The summed E-state index contributed by atoms with van der Waals surface area (Å²) in [6, 6.07) is 6.93. The lowest BCUT2D eigenvalue weighted by Gasteiger charge is -2.28. The SMILES string of the molecule is CCn1cc(-c2ccc3cn(C4CCC(CNC(=O)c5cc(F)c(O)c(F)c5F)CC4)nc3c2)cn1. The standard InChI is InChI=1S/C26H26F3N5O2/c1-2-33-13-18(12-31-33)16-5-6-17-14-34(32-22(17)9-16)19-7-3-15(4-8-19)11-30-26(36)20-10-21(27)25(35)24(29)23(20)28/h5-6,9-10,12-15,19,35H,2-4,7-8,11H2,1H3,(H,30,36). The minimum Gasteiger partial charge on any atom is -0.503 e. The summed E-state index contributed by atoms with van der Waals surface area (Å²) in [6.45, 7) is 3.13. The fourth-order valence-corrected chi connectivity index (χ4v) is 4.78. The van der Waals surface area contributed by atoms with Gasteiger partial charge in [-0.15, -0.1) is 0 Å². The van der Waals surface area contributed by atoms with Gasteiger partial charge in [-0.25, -0.2) is 8.78 Å². The van der Waals surface area contributed by atoms with Gasteiger partial charge in [0.25, 0.3) is 5.91 Å². The van der Waals surface area contributed by atoms with Crippen molar-refractivity contribution in [2.45, 2.75) is 45.2 Å². The van der Waals surface area contributed by atoms with Crippen LogP contribution < -0.4 is 5.32 Å². The third-order valence-electron chi connectivity index (χ3n) is 6.94. The summed E-state index contributed by atoms with van der Waals surface area (Å²) in [5.74, 6) is -6.90. The van der Waals surface area contributed by atoms with Gasteiger partial charge >= 0.3 is 0 Å². The Kier molecular flexibility index (Phi) is 6.42. The maximum absolute atomic E-state index is 13.9. The van der Waals surface area contributed by atoms with E-state index in [1.54, 1.807) is 0 Å². The third kappa shape index (κ3) is 4.55. The normalized spacial score (nSPS) is 18.0. The van der Waals surface area contributed by atoms with Crippen molar-refractivity contribution in [2.75, 3.05) is 6.54 Å². The Morgan fingerprint density at radius 3 is 2.58 bits per heavy atom. The van der Waals surface area contributed by atoms with Crippen LogP contribution in [-0.4, -0.2) is 37.1 Å². The van der Waals surface area contributed by atoms with Crippen LogP contribution in [0, 0.1) is 23.4 Å². The predicted octanol–water partition coefficient (Wildman–Crippen LogP) is 5.20. The van der Waals surface area contributed by atoms with Crippen LogP contribution in [0.3, 0.4) is 0 Å². The van der Waals surface area contributed by atoms with Gasteiger partial charge in [-0.1, -0.05) is 12.1 Å². The first-order valence-electron chi connectivity index (χ1n) is 12.0. The second-order valence-corrected chi connectivity index (χ2v) is 9.23. The number of benzene rings is 2. The molecule has 2 heterocycles. The van der Waals surface area contributed by atoms with Crippen LogP contribution in [0.4, 0.5) is 13.2 Å². The number of rotatable bonds is 6. The number of hydrogen-bond acceptors (Lipinski definition) is 4. The molecule has 1 aliphatic rings. The molecule has 5 rings (SSSR count). The molecule has 188 valence electrons. The van der Waals surface area contributed by atoms with E-state index >= 15 is 0 Å². The summed E-state index contributed by atoms with van der Waals surface area (Å²) in [5, 5.41) is 21.9. The molecule has 0 spiro atoms. The number of carbonyl (C=O) groups excluding carboxylic acids is 1. The zero-order chi connectivity index (χ0) is 25.4. The van der Waals surface area contributed by atoms with Crippen molar-refractivity contribution in [3.05, 3.63) is 65.9 Å². The maximum atomic E-state index is 13.9. The van der Waals surface area contributed by atoms with Gasteiger partial charge in [0.05, 0.1) is 23.3 Å². The highest BCUT2D eigenvalue weighted by atomic mass is 19.2. The molecular weight excluding hydrogens is 471 g/mol. The fourth-order valence-electron chi connectivity index (χ4n) is 4.78. The first kappa shape index (κ1) is 23.9. The second-order valence-electron chi connectivity index (χ2n) is 9.23. The van der Waals surface area contributed by atoms with Gasteiger partial charge in [0.15, 0.2) is 17.4 Å². The summed E-state index contributed by atoms with van der Waals surface area (Å²) < 4.78 is 44.9. The quantitative estimate of drug-likeness (QED) is 0.359. The average Bonchev–Trinajstić information content (AvgIpc) is 3.55. The monoisotopic (exact) mass is 497 g/mol. The smallest absolute Gasteiger partial charge is 0.254 e. The highest BCUT2D eigenvalue weighted by molar-refractivity contribution is 5.94. The Morgan fingerprint density at radius 1 is 1.08 bits per heavy atom. The highest BCUT2D eigenvalue weighted by Crippen LogP contribution is 2.33. The number of aryl methyl sites for hydroxylation is 1. The molecule has 0 unspecified atom stereocenters. The molecule has 4 aromatic rings. The Balaban J connectivity index is 1.19. The number of nitrogens with one attached hydrogen (secondary N) is 1. The molecule has 2 aromatic heterocycles. The zero-order valence-corrected chi connectivity index (χ0v) is 19.7. The van der Waals surface area contributed by atoms with Gasteiger partial charge in [0.1, 0.15) is 0 Å². The Hall–Kier alpha value is -3.82. The number of hydrogen-bond donors (Lipinski definition) is 2. The summed E-state index contributed by atoms with van der Waals surface area (Å²) in [5.41, 5.74) is 2.27. The molecule has 36 heavy (non-hydrogen) atoms. The number of aromatic hydroxyl groups is 1. The van der Waals surface area contributed by atoms with E-state index in [1.807, 2.05) is 28.7 Å². The number of fused-ring (bicyclic) bond motifs is 1. The molecule has 2 N–H and O–H groups in total. The van der Waals surface area contributed by atoms with Gasteiger partial charge < -0.3 is 10.4 Å². The lowest BCUT2D eigenvalue weighted by molar-refractivity contribution is 0.0935. The largest absolute Gasteiger partial charge is 0.503 e. The van der Waals surface area contributed by atoms with Crippen molar-refractivity contribution in [1.82, 2.24) is 24.9 Å². The molecule has 0 saturated heterocycles. The minimum atomic E-state index is -1.77. The summed E-state index contributed by atoms with van der Waals surface area (Å²) in [4.78, 5) is 12.3. The molecule has 0 atom stereocenters. The molecule has 7 nitrogen and oxygen atoms in total. The first-order valence-corrected chi connectivity index (χ1v) is 12.0. The Bertz CT molecular complexity index is 1420. The molecule has 10 heteroatoms. The van der Waals surface area contributed by atoms with Crippen molar-refractivity contribution >= 4 is 16.8 Å². The van der Waals surface area contributed by atoms with Crippen molar-refractivity contribution in [2.24, 2.45) is 5.92 Å². The first-order chi connectivity index (χ1) is 17.3. The second kappa shape index (κ2) is 9.67. The Morgan fingerprint density at radius 2 is 1.86 bits per heavy atom. The van der Waals surface area contributed by atoms with Crippen molar-refractivity contribution in [3.63, 3.8) is 0 Å². The topological polar surface area (TPSA) is 85.0 Å². The van der Waals surface area contributed by atoms with Crippen molar-refractivity contribution < 1.29 is 23.1 Å². The van der Waals surface area contributed by atoms with Gasteiger partial charge in [0.2, 0.25) is 5.82 Å². The number of phenols is 1. The lowest BCUT2D eigenvalue weighted by Crippen LogP contribution is -2.32. The van der Waals surface area contributed by atoms with Crippen LogP contribution in [-0.2, 0) is 6.54 Å². The number of nitrogens with zero attached hydrogens (tertiary/aromatic N) is 4. The van der Waals surface area contributed by atoms with E-state index in [0.717, 1.165) is 54.3 Å².